The lowest BCUT2D eigenvalue weighted by Gasteiger charge is -2.19. The van der Waals surface area contributed by atoms with Crippen LogP contribution >= 0.6 is 0 Å². The van der Waals surface area contributed by atoms with Gasteiger partial charge in [-0.05, 0) is 45.9 Å². The van der Waals surface area contributed by atoms with E-state index < -0.39 is 37.0 Å². The van der Waals surface area contributed by atoms with Gasteiger partial charge < -0.3 is 15.1 Å². The number of anilines is 1. The summed E-state index contributed by atoms with van der Waals surface area (Å²) >= 11 is 0. The van der Waals surface area contributed by atoms with Crippen LogP contribution in [-0.4, -0.2) is 31.2 Å². The van der Waals surface area contributed by atoms with Crippen molar-refractivity contribution in [2.24, 2.45) is 0 Å². The lowest BCUT2D eigenvalue weighted by atomic mass is 10.1. The Morgan fingerprint density at radius 2 is 1.74 bits per heavy atom. The number of amides is 2. The number of aryl methyl sites for hydroxylation is 1. The van der Waals surface area contributed by atoms with Crippen molar-refractivity contribution in [3.8, 4) is 11.5 Å². The number of benzene rings is 1. The topological polar surface area (TPSA) is 88.4 Å². The molecular formula is C23H27FN2O4Si. The zero-order valence-electron chi connectivity index (χ0n) is 18.8. The van der Waals surface area contributed by atoms with Gasteiger partial charge in [-0.15, -0.1) is 5.54 Å². The van der Waals surface area contributed by atoms with E-state index in [0.717, 1.165) is 0 Å². The maximum atomic E-state index is 14.1. The van der Waals surface area contributed by atoms with Crippen molar-refractivity contribution < 1.29 is 23.2 Å². The van der Waals surface area contributed by atoms with Crippen molar-refractivity contribution in [3.05, 3.63) is 52.7 Å². The van der Waals surface area contributed by atoms with Crippen molar-refractivity contribution >= 4 is 31.4 Å². The van der Waals surface area contributed by atoms with Gasteiger partial charge >= 0.3 is 0 Å². The van der Waals surface area contributed by atoms with Crippen molar-refractivity contribution in [2.75, 3.05) is 5.32 Å². The molecule has 8 heteroatoms. The van der Waals surface area contributed by atoms with Crippen LogP contribution in [0.5, 0.6) is 0 Å². The molecular weight excluding hydrogens is 415 g/mol. The first-order chi connectivity index (χ1) is 14.2. The Labute approximate surface area is 182 Å². The summed E-state index contributed by atoms with van der Waals surface area (Å²) in [6.45, 7) is 12.9. The molecule has 2 amide bonds. The first-order valence-corrected chi connectivity index (χ1v) is 13.3. The maximum absolute atomic E-state index is 14.1. The molecule has 2 rings (SSSR count). The number of rotatable bonds is 4. The molecule has 0 spiro atoms. The molecule has 164 valence electrons. The van der Waals surface area contributed by atoms with E-state index in [1.54, 1.807) is 20.8 Å². The quantitative estimate of drug-likeness (QED) is 0.320. The summed E-state index contributed by atoms with van der Waals surface area (Å²) in [6.07, 6.45) is 0. The summed E-state index contributed by atoms with van der Waals surface area (Å²) in [5.74, 6) is 0.0852. The van der Waals surface area contributed by atoms with Crippen LogP contribution < -0.4 is 10.6 Å². The average Bonchev–Trinajstić information content (AvgIpc) is 3.01. The zero-order valence-corrected chi connectivity index (χ0v) is 19.8. The van der Waals surface area contributed by atoms with Crippen LogP contribution in [0.3, 0.4) is 0 Å². The van der Waals surface area contributed by atoms with Gasteiger partial charge in [0, 0.05) is 17.3 Å². The van der Waals surface area contributed by atoms with Crippen LogP contribution in [0.1, 0.15) is 53.0 Å². The van der Waals surface area contributed by atoms with Crippen LogP contribution in [0.2, 0.25) is 19.6 Å². The van der Waals surface area contributed by atoms with Gasteiger partial charge in [0.25, 0.3) is 17.6 Å². The molecule has 0 unspecified atom stereocenters. The van der Waals surface area contributed by atoms with Crippen LogP contribution in [0.4, 0.5) is 10.1 Å². The van der Waals surface area contributed by atoms with E-state index in [2.05, 4.69) is 22.1 Å². The number of carbonyl (C=O) groups excluding carboxylic acids is 3. The van der Waals surface area contributed by atoms with Gasteiger partial charge in [-0.25, -0.2) is 4.39 Å². The minimum absolute atomic E-state index is 0.103. The Morgan fingerprint density at radius 3 is 2.32 bits per heavy atom. The second-order valence-electron chi connectivity index (χ2n) is 9.26. The van der Waals surface area contributed by atoms with Gasteiger partial charge in [-0.3, -0.25) is 14.4 Å². The largest absolute Gasteiger partial charge is 0.457 e. The fraction of sp³-hybridized carbons (Fsp3) is 0.348. The average molecular weight is 443 g/mol. The molecule has 0 saturated heterocycles. The van der Waals surface area contributed by atoms with Gasteiger partial charge in [-0.2, -0.15) is 0 Å². The van der Waals surface area contributed by atoms with Gasteiger partial charge in [0.1, 0.15) is 19.7 Å². The molecule has 0 aliphatic rings. The number of furan rings is 1. The summed E-state index contributed by atoms with van der Waals surface area (Å²) in [5.41, 5.74) is 3.15. The molecule has 1 aromatic carbocycles. The SMILES string of the molecule is Cc1oc(C(=O)C(=O)NC(C)(C)C)cc1C(=O)Nc1ccc(F)c(C#C[Si](C)(C)C)c1. The number of hydrogen-bond acceptors (Lipinski definition) is 4. The molecule has 1 heterocycles. The lowest BCUT2D eigenvalue weighted by Crippen LogP contribution is -2.44. The van der Waals surface area contributed by atoms with E-state index >= 15 is 0 Å². The molecule has 31 heavy (non-hydrogen) atoms. The molecule has 2 N–H and O–H groups in total. The van der Waals surface area contributed by atoms with Crippen LogP contribution in [0.15, 0.2) is 28.7 Å². The van der Waals surface area contributed by atoms with Crippen LogP contribution in [0, 0.1) is 24.2 Å². The molecule has 6 nitrogen and oxygen atoms in total. The molecule has 0 bridgehead atoms. The predicted octanol–water partition coefficient (Wildman–Crippen LogP) is 4.31. The van der Waals surface area contributed by atoms with Gasteiger partial charge in [0.2, 0.25) is 0 Å². The minimum Gasteiger partial charge on any atom is -0.457 e. The molecule has 0 radical (unpaired) electrons. The van der Waals surface area contributed by atoms with E-state index in [1.807, 2.05) is 19.6 Å². The summed E-state index contributed by atoms with van der Waals surface area (Å²) in [6, 6.07) is 5.34. The second-order valence-corrected chi connectivity index (χ2v) is 14.0. The monoisotopic (exact) mass is 442 g/mol. The highest BCUT2D eigenvalue weighted by Gasteiger charge is 2.26. The molecule has 2 aromatic rings. The van der Waals surface area contributed by atoms with Crippen LogP contribution in [0.25, 0.3) is 0 Å². The van der Waals surface area contributed by atoms with E-state index in [9.17, 15) is 18.8 Å². The Bertz CT molecular complexity index is 1100. The van der Waals surface area contributed by atoms with E-state index in [0.29, 0.717) is 5.69 Å². The number of carbonyl (C=O) groups is 3. The Kier molecular flexibility index (Phi) is 6.92. The molecule has 1 aromatic heterocycles. The predicted molar refractivity (Wildman–Crippen MR) is 120 cm³/mol. The zero-order chi connectivity index (χ0) is 23.6. The van der Waals surface area contributed by atoms with Gasteiger partial charge in [0.05, 0.1) is 11.1 Å². The maximum Gasteiger partial charge on any atom is 0.296 e. The van der Waals surface area contributed by atoms with E-state index in [1.165, 1.54) is 31.2 Å². The summed E-state index contributed by atoms with van der Waals surface area (Å²) < 4.78 is 19.4. The number of Topliss-reactive ketones (excluding diaryl/α,β-unsaturated/α-hetero) is 1. The Balaban J connectivity index is 2.23. The third-order valence-corrected chi connectivity index (χ3v) is 4.75. The Morgan fingerprint density at radius 1 is 1.10 bits per heavy atom. The standard InChI is InChI=1S/C23H27FN2O4Si/c1-14-17(13-19(30-14)20(27)22(29)26-23(2,3)4)21(28)25-16-8-9-18(24)15(12-16)10-11-31(5,6)7/h8-9,12-13H,1-7H3,(H,25,28)(H,26,29). The van der Waals surface area contributed by atoms with Crippen molar-refractivity contribution in [1.29, 1.82) is 0 Å². The molecule has 0 fully saturated rings. The van der Waals surface area contributed by atoms with Crippen molar-refractivity contribution in [1.82, 2.24) is 5.32 Å². The smallest absolute Gasteiger partial charge is 0.296 e. The molecule has 0 atom stereocenters. The highest BCUT2D eigenvalue weighted by Crippen LogP contribution is 2.20. The van der Waals surface area contributed by atoms with E-state index in [-0.39, 0.29) is 22.6 Å². The third kappa shape index (κ3) is 6.93. The van der Waals surface area contributed by atoms with Crippen LogP contribution in [-0.2, 0) is 4.79 Å². The normalized spacial score (nSPS) is 11.4. The summed E-state index contributed by atoms with van der Waals surface area (Å²) in [4.78, 5) is 37.1. The number of halogens is 1. The fourth-order valence-corrected chi connectivity index (χ4v) is 2.99. The number of nitrogens with one attached hydrogen (secondary N) is 2. The number of ketones is 1. The van der Waals surface area contributed by atoms with Gasteiger partial charge in [0.15, 0.2) is 5.76 Å². The summed E-state index contributed by atoms with van der Waals surface area (Å²) in [7, 11) is -1.70. The summed E-state index contributed by atoms with van der Waals surface area (Å²) in [5, 5.41) is 5.20. The Hall–Kier alpha value is -3.18. The number of hydrogen-bond donors (Lipinski definition) is 2. The molecule has 0 aliphatic carbocycles. The minimum atomic E-state index is -1.70. The van der Waals surface area contributed by atoms with E-state index in [4.69, 9.17) is 4.42 Å². The first-order valence-electron chi connectivity index (χ1n) is 9.77. The lowest BCUT2D eigenvalue weighted by molar-refractivity contribution is -0.118. The molecule has 0 saturated carbocycles. The van der Waals surface area contributed by atoms with Crippen molar-refractivity contribution in [2.45, 2.75) is 52.9 Å². The van der Waals surface area contributed by atoms with Gasteiger partial charge in [-0.1, -0.05) is 25.6 Å². The second kappa shape index (κ2) is 8.90. The first kappa shape index (κ1) is 24.1. The highest BCUT2D eigenvalue weighted by molar-refractivity contribution is 6.83. The fourth-order valence-electron chi connectivity index (χ4n) is 2.48. The van der Waals surface area contributed by atoms with Crippen molar-refractivity contribution in [3.63, 3.8) is 0 Å². The molecule has 0 aliphatic heterocycles. The highest BCUT2D eigenvalue weighted by atomic mass is 28.3. The third-order valence-electron chi connectivity index (χ3n) is 3.88.